The minimum absolute atomic E-state index is 0.433. The number of halogens is 1. The van der Waals surface area contributed by atoms with Gasteiger partial charge in [0, 0.05) is 11.7 Å². The van der Waals surface area contributed by atoms with Crippen LogP contribution >= 0.6 is 22.6 Å². The van der Waals surface area contributed by atoms with Crippen molar-refractivity contribution in [1.82, 2.24) is 4.98 Å². The summed E-state index contributed by atoms with van der Waals surface area (Å²) in [4.78, 5) is 3.97. The summed E-state index contributed by atoms with van der Waals surface area (Å²) < 4.78 is 0.881. The highest BCUT2D eigenvalue weighted by atomic mass is 127. The minimum atomic E-state index is -1.42. The Kier molecular flexibility index (Phi) is 2.86. The monoisotopic (exact) mass is 263 g/mol. The lowest BCUT2D eigenvalue weighted by Gasteiger charge is -2.00. The predicted octanol–water partition coefficient (Wildman–Crippen LogP) is -0.326. The van der Waals surface area contributed by atoms with Crippen molar-refractivity contribution in [2.75, 3.05) is 0 Å². The van der Waals surface area contributed by atoms with Gasteiger partial charge in [-0.05, 0) is 35.1 Å². The van der Waals surface area contributed by atoms with Gasteiger partial charge in [-0.1, -0.05) is 6.07 Å². The highest BCUT2D eigenvalue weighted by molar-refractivity contribution is 14.1. The van der Waals surface area contributed by atoms with Gasteiger partial charge < -0.3 is 10.0 Å². The Bertz CT molecular complexity index is 267. The average Bonchev–Trinajstić information content (AvgIpc) is 1.94. The maximum Gasteiger partial charge on any atom is 0.490 e. The Morgan fingerprint density at radius 2 is 2.18 bits per heavy atom. The highest BCUT2D eigenvalue weighted by Gasteiger charge is 2.11. The molecule has 1 aromatic heterocycles. The first-order chi connectivity index (χ1) is 5.11. The summed E-state index contributed by atoms with van der Waals surface area (Å²) in [5, 5.41) is 17.5. The number of pyridine rings is 1. The second-order valence-electron chi connectivity index (χ2n) is 2.25. The van der Waals surface area contributed by atoms with Crippen LogP contribution in [0, 0.1) is 10.6 Å². The summed E-state index contributed by atoms with van der Waals surface area (Å²) in [6, 6.07) is 1.71. The van der Waals surface area contributed by atoms with Crippen molar-refractivity contribution in [3.05, 3.63) is 21.5 Å². The summed E-state index contributed by atoms with van der Waals surface area (Å²) >= 11 is 2.09. The second-order valence-corrected chi connectivity index (χ2v) is 3.27. The molecule has 2 N–H and O–H groups in total. The molecular formula is C6H7BINO2. The van der Waals surface area contributed by atoms with Gasteiger partial charge in [0.25, 0.3) is 0 Å². The van der Waals surface area contributed by atoms with E-state index in [1.807, 2.05) is 6.92 Å². The van der Waals surface area contributed by atoms with Crippen LogP contribution in [0.15, 0.2) is 12.3 Å². The second kappa shape index (κ2) is 3.51. The Balaban J connectivity index is 3.05. The van der Waals surface area contributed by atoms with Crippen molar-refractivity contribution in [3.8, 4) is 0 Å². The van der Waals surface area contributed by atoms with Crippen molar-refractivity contribution in [2.45, 2.75) is 6.92 Å². The lowest BCUT2D eigenvalue weighted by molar-refractivity contribution is 0.425. The van der Waals surface area contributed by atoms with Crippen molar-refractivity contribution in [3.63, 3.8) is 0 Å². The summed E-state index contributed by atoms with van der Waals surface area (Å²) in [5.74, 6) is 0. The number of hydrogen-bond acceptors (Lipinski definition) is 3. The van der Waals surface area contributed by atoms with Gasteiger partial charge >= 0.3 is 7.12 Å². The number of hydrogen-bond donors (Lipinski definition) is 2. The molecule has 0 amide bonds. The van der Waals surface area contributed by atoms with E-state index in [-0.39, 0.29) is 0 Å². The molecule has 0 fully saturated rings. The van der Waals surface area contributed by atoms with Crippen LogP contribution in [0.25, 0.3) is 0 Å². The van der Waals surface area contributed by atoms with E-state index < -0.39 is 7.12 Å². The van der Waals surface area contributed by atoms with E-state index in [9.17, 15) is 0 Å². The fourth-order valence-electron chi connectivity index (χ4n) is 0.721. The molecule has 0 bridgehead atoms. The first kappa shape index (κ1) is 8.96. The van der Waals surface area contributed by atoms with Crippen LogP contribution in [0.2, 0.25) is 0 Å². The molecule has 5 heteroatoms. The maximum absolute atomic E-state index is 8.75. The molecule has 0 aliphatic heterocycles. The topological polar surface area (TPSA) is 53.4 Å². The number of rotatable bonds is 1. The van der Waals surface area contributed by atoms with Crippen molar-refractivity contribution >= 4 is 35.2 Å². The Morgan fingerprint density at radius 1 is 1.55 bits per heavy atom. The van der Waals surface area contributed by atoms with Crippen LogP contribution in [-0.4, -0.2) is 22.2 Å². The minimum Gasteiger partial charge on any atom is -0.423 e. The molecule has 1 aromatic rings. The van der Waals surface area contributed by atoms with Crippen LogP contribution < -0.4 is 5.46 Å². The fourth-order valence-corrected chi connectivity index (χ4v) is 1.02. The van der Waals surface area contributed by atoms with Crippen LogP contribution in [0.4, 0.5) is 0 Å². The number of nitrogens with zero attached hydrogens (tertiary/aromatic N) is 1. The summed E-state index contributed by atoms with van der Waals surface area (Å²) in [7, 11) is -1.42. The molecule has 0 saturated heterocycles. The largest absolute Gasteiger partial charge is 0.490 e. The van der Waals surface area contributed by atoms with E-state index in [0.29, 0.717) is 5.46 Å². The van der Waals surface area contributed by atoms with E-state index >= 15 is 0 Å². The summed E-state index contributed by atoms with van der Waals surface area (Å²) in [6.45, 7) is 1.88. The molecule has 0 spiro atoms. The molecule has 0 aliphatic carbocycles. The first-order valence-electron chi connectivity index (χ1n) is 3.09. The predicted molar refractivity (Wildman–Crippen MR) is 51.5 cm³/mol. The normalized spacial score (nSPS) is 9.82. The molecule has 0 aliphatic rings. The highest BCUT2D eigenvalue weighted by Crippen LogP contribution is 2.04. The number of aromatic nitrogens is 1. The van der Waals surface area contributed by atoms with Crippen LogP contribution in [0.5, 0.6) is 0 Å². The zero-order valence-electron chi connectivity index (χ0n) is 5.95. The maximum atomic E-state index is 8.75. The zero-order valence-corrected chi connectivity index (χ0v) is 8.11. The Hall–Kier alpha value is -0.135. The van der Waals surface area contributed by atoms with Gasteiger partial charge in [0.1, 0.15) is 3.70 Å². The van der Waals surface area contributed by atoms with Crippen molar-refractivity contribution in [2.24, 2.45) is 0 Å². The molecule has 58 valence electrons. The van der Waals surface area contributed by atoms with Crippen LogP contribution in [0.3, 0.4) is 0 Å². The summed E-state index contributed by atoms with van der Waals surface area (Å²) in [6.07, 6.45) is 1.46. The molecule has 0 aromatic carbocycles. The van der Waals surface area contributed by atoms with E-state index in [0.717, 1.165) is 9.26 Å². The average molecular weight is 263 g/mol. The van der Waals surface area contributed by atoms with E-state index in [1.165, 1.54) is 6.20 Å². The van der Waals surface area contributed by atoms with E-state index in [4.69, 9.17) is 10.0 Å². The van der Waals surface area contributed by atoms with Crippen LogP contribution in [0.1, 0.15) is 5.56 Å². The Morgan fingerprint density at radius 3 is 2.64 bits per heavy atom. The van der Waals surface area contributed by atoms with Crippen molar-refractivity contribution in [1.29, 1.82) is 0 Å². The quantitative estimate of drug-likeness (QED) is 0.414. The zero-order chi connectivity index (χ0) is 8.43. The van der Waals surface area contributed by atoms with Gasteiger partial charge in [0.05, 0.1) is 0 Å². The van der Waals surface area contributed by atoms with Gasteiger partial charge in [-0.25, -0.2) is 0 Å². The SMILES string of the molecule is Cc1cc(B(O)O)cnc1I. The van der Waals surface area contributed by atoms with Gasteiger partial charge in [-0.15, -0.1) is 0 Å². The van der Waals surface area contributed by atoms with Gasteiger partial charge in [0.2, 0.25) is 0 Å². The molecule has 3 nitrogen and oxygen atoms in total. The van der Waals surface area contributed by atoms with E-state index in [2.05, 4.69) is 27.6 Å². The fraction of sp³-hybridized carbons (Fsp3) is 0.167. The lowest BCUT2D eigenvalue weighted by atomic mass is 9.81. The molecule has 1 rings (SSSR count). The molecule has 1 heterocycles. The molecule has 0 atom stereocenters. The first-order valence-corrected chi connectivity index (χ1v) is 4.17. The molecule has 11 heavy (non-hydrogen) atoms. The third kappa shape index (κ3) is 2.15. The van der Waals surface area contributed by atoms with Gasteiger partial charge in [-0.3, -0.25) is 4.98 Å². The Labute approximate surface area is 78.8 Å². The van der Waals surface area contributed by atoms with Gasteiger partial charge in [-0.2, -0.15) is 0 Å². The molecule has 0 radical (unpaired) electrons. The smallest absolute Gasteiger partial charge is 0.423 e. The molecular weight excluding hydrogens is 256 g/mol. The lowest BCUT2D eigenvalue weighted by Crippen LogP contribution is -2.30. The molecule has 0 saturated carbocycles. The molecule has 0 unspecified atom stereocenters. The standard InChI is InChI=1S/C6H7BINO2/c1-4-2-5(7(10)11)3-9-6(4)8/h2-3,10-11H,1H3. The third-order valence-electron chi connectivity index (χ3n) is 1.33. The van der Waals surface area contributed by atoms with E-state index in [1.54, 1.807) is 6.07 Å². The van der Waals surface area contributed by atoms with Gasteiger partial charge in [0.15, 0.2) is 0 Å². The van der Waals surface area contributed by atoms with Crippen molar-refractivity contribution < 1.29 is 10.0 Å². The summed E-state index contributed by atoms with van der Waals surface area (Å²) in [5.41, 5.74) is 1.39. The third-order valence-corrected chi connectivity index (χ3v) is 2.46. The number of aryl methyl sites for hydroxylation is 1. The van der Waals surface area contributed by atoms with Crippen LogP contribution in [-0.2, 0) is 0 Å².